The summed E-state index contributed by atoms with van der Waals surface area (Å²) in [7, 11) is 1.54. The van der Waals surface area contributed by atoms with E-state index in [1.165, 1.54) is 11.3 Å². The quantitative estimate of drug-likeness (QED) is 0.526. The van der Waals surface area contributed by atoms with Crippen LogP contribution in [0.3, 0.4) is 0 Å². The second-order valence-corrected chi connectivity index (χ2v) is 5.67. The molecular formula is C18H15NO3S. The summed E-state index contributed by atoms with van der Waals surface area (Å²) in [6, 6.07) is 16.9. The Morgan fingerprint density at radius 1 is 1.04 bits per heavy atom. The highest BCUT2D eigenvalue weighted by atomic mass is 32.1. The number of para-hydroxylation sites is 2. The molecule has 2 aromatic carbocycles. The molecular weight excluding hydrogens is 310 g/mol. The summed E-state index contributed by atoms with van der Waals surface area (Å²) in [4.78, 5) is 16.6. The molecule has 0 fully saturated rings. The zero-order valence-corrected chi connectivity index (χ0v) is 13.4. The van der Waals surface area contributed by atoms with E-state index < -0.39 is 0 Å². The number of esters is 1. The number of ether oxygens (including phenoxy) is 2. The van der Waals surface area contributed by atoms with Crippen molar-refractivity contribution >= 4 is 17.3 Å². The van der Waals surface area contributed by atoms with E-state index in [1.807, 2.05) is 41.8 Å². The van der Waals surface area contributed by atoms with Crippen LogP contribution in [0.25, 0.3) is 10.6 Å². The normalized spacial score (nSPS) is 10.3. The van der Waals surface area contributed by atoms with Gasteiger partial charge in [0, 0.05) is 10.9 Å². The maximum absolute atomic E-state index is 12.1. The van der Waals surface area contributed by atoms with Crippen LogP contribution in [0.5, 0.6) is 11.5 Å². The Morgan fingerprint density at radius 3 is 2.48 bits per heavy atom. The summed E-state index contributed by atoms with van der Waals surface area (Å²) >= 11 is 1.52. The highest BCUT2D eigenvalue weighted by Gasteiger charge is 2.13. The number of thiazole rings is 1. The molecule has 0 atom stereocenters. The molecule has 3 aromatic rings. The van der Waals surface area contributed by atoms with Crippen molar-refractivity contribution in [2.45, 2.75) is 6.42 Å². The lowest BCUT2D eigenvalue weighted by atomic mass is 10.2. The molecule has 0 saturated heterocycles. The van der Waals surface area contributed by atoms with Crippen molar-refractivity contribution in [3.63, 3.8) is 0 Å². The molecule has 0 N–H and O–H groups in total. The fourth-order valence-electron chi connectivity index (χ4n) is 2.11. The smallest absolute Gasteiger partial charge is 0.317 e. The number of carbonyl (C=O) groups excluding carboxylic acids is 1. The monoisotopic (exact) mass is 325 g/mol. The van der Waals surface area contributed by atoms with Crippen LogP contribution in [-0.2, 0) is 11.2 Å². The lowest BCUT2D eigenvalue weighted by Gasteiger charge is -2.07. The van der Waals surface area contributed by atoms with Crippen LogP contribution in [0.4, 0.5) is 0 Å². The average Bonchev–Trinajstić information content (AvgIpc) is 3.04. The highest BCUT2D eigenvalue weighted by molar-refractivity contribution is 7.13. The molecule has 0 amide bonds. The first-order valence-corrected chi connectivity index (χ1v) is 7.98. The van der Waals surface area contributed by atoms with Crippen molar-refractivity contribution in [2.75, 3.05) is 7.11 Å². The molecule has 1 aromatic heterocycles. The van der Waals surface area contributed by atoms with E-state index >= 15 is 0 Å². The van der Waals surface area contributed by atoms with Gasteiger partial charge in [0.2, 0.25) is 0 Å². The first-order chi connectivity index (χ1) is 11.3. The minimum Gasteiger partial charge on any atom is -0.493 e. The highest BCUT2D eigenvalue weighted by Crippen LogP contribution is 2.27. The van der Waals surface area contributed by atoms with Crippen LogP contribution in [0.1, 0.15) is 5.69 Å². The predicted molar refractivity (Wildman–Crippen MR) is 89.9 cm³/mol. The van der Waals surface area contributed by atoms with E-state index in [9.17, 15) is 4.79 Å². The number of rotatable bonds is 5. The topological polar surface area (TPSA) is 48.4 Å². The zero-order chi connectivity index (χ0) is 16.1. The van der Waals surface area contributed by atoms with E-state index in [0.29, 0.717) is 17.2 Å². The first-order valence-electron chi connectivity index (χ1n) is 7.10. The molecule has 0 spiro atoms. The molecule has 0 bridgehead atoms. The zero-order valence-electron chi connectivity index (χ0n) is 12.6. The lowest BCUT2D eigenvalue weighted by Crippen LogP contribution is -2.12. The SMILES string of the molecule is COc1ccccc1OC(=O)Cc1csc(-c2ccccc2)n1. The summed E-state index contributed by atoms with van der Waals surface area (Å²) in [5.74, 6) is 0.585. The minimum absolute atomic E-state index is 0.126. The van der Waals surface area contributed by atoms with Crippen LogP contribution in [0.2, 0.25) is 0 Å². The van der Waals surface area contributed by atoms with Gasteiger partial charge in [0.15, 0.2) is 11.5 Å². The van der Waals surface area contributed by atoms with Gasteiger partial charge in [0.1, 0.15) is 5.01 Å². The third kappa shape index (κ3) is 3.76. The molecule has 116 valence electrons. The van der Waals surface area contributed by atoms with Crippen LogP contribution in [-0.4, -0.2) is 18.1 Å². The van der Waals surface area contributed by atoms with Crippen LogP contribution in [0, 0.1) is 0 Å². The van der Waals surface area contributed by atoms with Crippen LogP contribution < -0.4 is 9.47 Å². The lowest BCUT2D eigenvalue weighted by molar-refractivity contribution is -0.133. The largest absolute Gasteiger partial charge is 0.493 e. The van der Waals surface area contributed by atoms with Gasteiger partial charge in [-0.05, 0) is 12.1 Å². The summed E-state index contributed by atoms with van der Waals surface area (Å²) in [6.07, 6.45) is 0.126. The number of benzene rings is 2. The number of carbonyl (C=O) groups is 1. The molecule has 1 heterocycles. The van der Waals surface area contributed by atoms with E-state index in [1.54, 1.807) is 25.3 Å². The van der Waals surface area contributed by atoms with Gasteiger partial charge < -0.3 is 9.47 Å². The van der Waals surface area contributed by atoms with E-state index in [-0.39, 0.29) is 12.4 Å². The fraction of sp³-hybridized carbons (Fsp3) is 0.111. The third-order valence-electron chi connectivity index (χ3n) is 3.19. The van der Waals surface area contributed by atoms with Crippen molar-refractivity contribution in [3.8, 4) is 22.1 Å². The Morgan fingerprint density at radius 2 is 1.74 bits per heavy atom. The van der Waals surface area contributed by atoms with Gasteiger partial charge in [-0.25, -0.2) is 4.98 Å². The number of methoxy groups -OCH3 is 1. The Hall–Kier alpha value is -2.66. The molecule has 0 saturated carbocycles. The Labute approximate surface area is 138 Å². The van der Waals surface area contributed by atoms with Gasteiger partial charge in [-0.2, -0.15) is 0 Å². The predicted octanol–water partition coefficient (Wildman–Crippen LogP) is 3.97. The maximum atomic E-state index is 12.1. The van der Waals surface area contributed by atoms with Crippen molar-refractivity contribution in [1.29, 1.82) is 0 Å². The van der Waals surface area contributed by atoms with Gasteiger partial charge in [-0.3, -0.25) is 4.79 Å². The van der Waals surface area contributed by atoms with E-state index in [2.05, 4.69) is 4.98 Å². The van der Waals surface area contributed by atoms with Crippen LogP contribution >= 0.6 is 11.3 Å². The second kappa shape index (κ2) is 7.07. The number of hydrogen-bond acceptors (Lipinski definition) is 5. The van der Waals surface area contributed by atoms with Crippen molar-refractivity contribution in [3.05, 3.63) is 65.7 Å². The number of aromatic nitrogens is 1. The average molecular weight is 325 g/mol. The van der Waals surface area contributed by atoms with E-state index in [0.717, 1.165) is 10.6 Å². The molecule has 0 unspecified atom stereocenters. The van der Waals surface area contributed by atoms with Crippen molar-refractivity contribution in [1.82, 2.24) is 4.98 Å². The van der Waals surface area contributed by atoms with Gasteiger partial charge in [-0.1, -0.05) is 42.5 Å². The first kappa shape index (κ1) is 15.2. The van der Waals surface area contributed by atoms with Gasteiger partial charge in [0.25, 0.3) is 0 Å². The van der Waals surface area contributed by atoms with Gasteiger partial charge in [-0.15, -0.1) is 11.3 Å². The van der Waals surface area contributed by atoms with Crippen molar-refractivity contribution < 1.29 is 14.3 Å². The number of hydrogen-bond donors (Lipinski definition) is 0. The van der Waals surface area contributed by atoms with Crippen LogP contribution in [0.15, 0.2) is 60.0 Å². The molecule has 3 rings (SSSR count). The van der Waals surface area contributed by atoms with Crippen molar-refractivity contribution in [2.24, 2.45) is 0 Å². The molecule has 23 heavy (non-hydrogen) atoms. The molecule has 0 aliphatic carbocycles. The third-order valence-corrected chi connectivity index (χ3v) is 4.13. The maximum Gasteiger partial charge on any atom is 0.317 e. The Bertz CT molecular complexity index is 799. The molecule has 4 nitrogen and oxygen atoms in total. The van der Waals surface area contributed by atoms with Gasteiger partial charge >= 0.3 is 5.97 Å². The minimum atomic E-state index is -0.362. The summed E-state index contributed by atoms with van der Waals surface area (Å²) in [5, 5.41) is 2.77. The summed E-state index contributed by atoms with van der Waals surface area (Å²) in [6.45, 7) is 0. The Kier molecular flexibility index (Phi) is 4.68. The second-order valence-electron chi connectivity index (χ2n) is 4.81. The Balaban J connectivity index is 1.68. The molecule has 0 aliphatic heterocycles. The summed E-state index contributed by atoms with van der Waals surface area (Å²) < 4.78 is 10.5. The van der Waals surface area contributed by atoms with E-state index in [4.69, 9.17) is 9.47 Å². The molecule has 5 heteroatoms. The fourth-order valence-corrected chi connectivity index (χ4v) is 2.94. The standard InChI is InChI=1S/C18H15NO3S/c1-21-15-9-5-6-10-16(15)22-17(20)11-14-12-23-18(19-14)13-7-3-2-4-8-13/h2-10,12H,11H2,1H3. The summed E-state index contributed by atoms with van der Waals surface area (Å²) in [5.41, 5.74) is 1.75. The van der Waals surface area contributed by atoms with Gasteiger partial charge in [0.05, 0.1) is 19.2 Å². The molecule has 0 radical (unpaired) electrons. The number of nitrogens with zero attached hydrogens (tertiary/aromatic N) is 1. The molecule has 0 aliphatic rings.